The zero-order valence-electron chi connectivity index (χ0n) is 12.9. The molecule has 0 saturated heterocycles. The van der Waals surface area contributed by atoms with Crippen molar-refractivity contribution in [2.75, 3.05) is 6.54 Å². The van der Waals surface area contributed by atoms with Crippen LogP contribution < -0.4 is 5.32 Å². The van der Waals surface area contributed by atoms with Crippen LogP contribution in [0.1, 0.15) is 34.0 Å². The molecule has 0 spiro atoms. The first-order valence-corrected chi connectivity index (χ1v) is 8.23. The van der Waals surface area contributed by atoms with E-state index in [1.165, 1.54) is 4.88 Å². The van der Waals surface area contributed by atoms with Crippen LogP contribution >= 0.6 is 11.3 Å². The summed E-state index contributed by atoms with van der Waals surface area (Å²) in [6.45, 7) is 4.44. The molecule has 5 nitrogen and oxygen atoms in total. The third-order valence-electron chi connectivity index (χ3n) is 3.50. The number of thiophene rings is 1. The van der Waals surface area contributed by atoms with Gasteiger partial charge in [0.2, 0.25) is 11.8 Å². The first kappa shape index (κ1) is 15.4. The molecule has 1 N–H and O–H groups in total. The topological polar surface area (TPSA) is 68.0 Å². The fourth-order valence-electron chi connectivity index (χ4n) is 2.23. The lowest BCUT2D eigenvalue weighted by Gasteiger charge is -2.11. The smallest absolute Gasteiger partial charge is 0.251 e. The molecule has 1 aromatic carbocycles. The van der Waals surface area contributed by atoms with Gasteiger partial charge in [0.05, 0.1) is 0 Å². The molecule has 0 fully saturated rings. The molecule has 3 rings (SSSR count). The van der Waals surface area contributed by atoms with Crippen molar-refractivity contribution in [2.45, 2.75) is 19.8 Å². The molecule has 23 heavy (non-hydrogen) atoms. The number of aromatic nitrogens is 2. The molecular formula is C17H17N3O2S. The Bertz CT molecular complexity index is 796. The molecule has 1 amide bonds. The lowest BCUT2D eigenvalue weighted by atomic mass is 10.1. The summed E-state index contributed by atoms with van der Waals surface area (Å²) in [6, 6.07) is 11.3. The first-order chi connectivity index (χ1) is 11.1. The molecule has 1 unspecified atom stereocenters. The van der Waals surface area contributed by atoms with Gasteiger partial charge in [-0.3, -0.25) is 4.79 Å². The number of nitrogens with zero attached hydrogens (tertiary/aromatic N) is 2. The van der Waals surface area contributed by atoms with Gasteiger partial charge in [0.25, 0.3) is 5.91 Å². The maximum absolute atomic E-state index is 12.3. The number of benzene rings is 1. The number of amides is 1. The van der Waals surface area contributed by atoms with Crippen LogP contribution in [0.2, 0.25) is 0 Å². The summed E-state index contributed by atoms with van der Waals surface area (Å²) >= 11 is 1.70. The van der Waals surface area contributed by atoms with Gasteiger partial charge in [-0.1, -0.05) is 19.1 Å². The van der Waals surface area contributed by atoms with Gasteiger partial charge in [0.1, 0.15) is 0 Å². The zero-order chi connectivity index (χ0) is 16.2. The molecule has 1 atom stereocenters. The van der Waals surface area contributed by atoms with Crippen molar-refractivity contribution in [1.29, 1.82) is 0 Å². The number of carbonyl (C=O) groups excluding carboxylic acids is 1. The second kappa shape index (κ2) is 6.75. The second-order valence-electron chi connectivity index (χ2n) is 5.33. The summed E-state index contributed by atoms with van der Waals surface area (Å²) in [4.78, 5) is 13.6. The Hall–Kier alpha value is -2.47. The lowest BCUT2D eigenvalue weighted by molar-refractivity contribution is 0.0952. The van der Waals surface area contributed by atoms with E-state index < -0.39 is 0 Å². The largest absolute Gasteiger partial charge is 0.421 e. The van der Waals surface area contributed by atoms with Gasteiger partial charge in [0.15, 0.2) is 0 Å². The van der Waals surface area contributed by atoms with Crippen LogP contribution in [-0.2, 0) is 0 Å². The Morgan fingerprint density at radius 1 is 1.30 bits per heavy atom. The van der Waals surface area contributed by atoms with E-state index in [1.807, 2.05) is 23.6 Å². The molecule has 3 aromatic rings. The maximum Gasteiger partial charge on any atom is 0.251 e. The number of rotatable bonds is 5. The van der Waals surface area contributed by atoms with Crippen LogP contribution in [0.15, 0.2) is 46.2 Å². The first-order valence-electron chi connectivity index (χ1n) is 7.35. The van der Waals surface area contributed by atoms with Gasteiger partial charge in [-0.25, -0.2) is 0 Å². The summed E-state index contributed by atoms with van der Waals surface area (Å²) in [5, 5.41) is 12.8. The molecule has 2 aromatic heterocycles. The minimum absolute atomic E-state index is 0.105. The summed E-state index contributed by atoms with van der Waals surface area (Å²) in [5.41, 5.74) is 1.32. The van der Waals surface area contributed by atoms with E-state index in [2.05, 4.69) is 28.5 Å². The van der Waals surface area contributed by atoms with Crippen molar-refractivity contribution in [3.63, 3.8) is 0 Å². The highest BCUT2D eigenvalue weighted by atomic mass is 32.1. The van der Waals surface area contributed by atoms with Crippen molar-refractivity contribution in [3.05, 3.63) is 58.1 Å². The third kappa shape index (κ3) is 3.65. The van der Waals surface area contributed by atoms with E-state index in [0.717, 1.165) is 5.56 Å². The molecule has 0 bridgehead atoms. The number of carbonyl (C=O) groups is 1. The molecular weight excluding hydrogens is 310 g/mol. The fourth-order valence-corrected chi connectivity index (χ4v) is 3.01. The Morgan fingerprint density at radius 3 is 2.87 bits per heavy atom. The van der Waals surface area contributed by atoms with E-state index in [1.54, 1.807) is 30.4 Å². The van der Waals surface area contributed by atoms with E-state index >= 15 is 0 Å². The Balaban J connectivity index is 1.68. The van der Waals surface area contributed by atoms with Crippen LogP contribution in [0.5, 0.6) is 0 Å². The van der Waals surface area contributed by atoms with Gasteiger partial charge < -0.3 is 9.73 Å². The van der Waals surface area contributed by atoms with Crippen LogP contribution in [0, 0.1) is 6.92 Å². The highest BCUT2D eigenvalue weighted by Crippen LogP contribution is 2.21. The second-order valence-corrected chi connectivity index (χ2v) is 6.31. The monoisotopic (exact) mass is 327 g/mol. The number of hydrogen-bond donors (Lipinski definition) is 1. The van der Waals surface area contributed by atoms with Crippen LogP contribution in [0.4, 0.5) is 0 Å². The number of hydrogen-bond acceptors (Lipinski definition) is 5. The quantitative estimate of drug-likeness (QED) is 0.777. The van der Waals surface area contributed by atoms with Gasteiger partial charge in [-0.15, -0.1) is 21.5 Å². The SMILES string of the molecule is Cc1nnc(-c2cccc(C(=O)NCC(C)c3cccs3)c2)o1. The molecule has 0 aliphatic carbocycles. The molecule has 0 radical (unpaired) electrons. The number of aryl methyl sites for hydroxylation is 1. The highest BCUT2D eigenvalue weighted by molar-refractivity contribution is 7.10. The normalized spacial score (nSPS) is 12.1. The Labute approximate surface area is 138 Å². The van der Waals surface area contributed by atoms with E-state index in [4.69, 9.17) is 4.42 Å². The summed E-state index contributed by atoms with van der Waals surface area (Å²) in [7, 11) is 0. The summed E-state index contributed by atoms with van der Waals surface area (Å²) in [5.74, 6) is 1.11. The van der Waals surface area contributed by atoms with E-state index in [-0.39, 0.29) is 5.91 Å². The van der Waals surface area contributed by atoms with Crippen molar-refractivity contribution in [2.24, 2.45) is 0 Å². The predicted octanol–water partition coefficient (Wildman–Crippen LogP) is 3.64. The number of nitrogens with one attached hydrogen (secondary N) is 1. The van der Waals surface area contributed by atoms with Crippen LogP contribution in [0.25, 0.3) is 11.5 Å². The Kier molecular flexibility index (Phi) is 4.52. The molecule has 2 heterocycles. The van der Waals surface area contributed by atoms with Gasteiger partial charge in [-0.05, 0) is 29.6 Å². The van der Waals surface area contributed by atoms with Gasteiger partial charge in [0, 0.05) is 35.4 Å². The minimum Gasteiger partial charge on any atom is -0.421 e. The van der Waals surface area contributed by atoms with Crippen molar-refractivity contribution in [1.82, 2.24) is 15.5 Å². The summed E-state index contributed by atoms with van der Waals surface area (Å²) in [6.07, 6.45) is 0. The fraction of sp³-hybridized carbons (Fsp3) is 0.235. The Morgan fingerprint density at radius 2 is 2.17 bits per heavy atom. The maximum atomic E-state index is 12.3. The van der Waals surface area contributed by atoms with E-state index in [9.17, 15) is 4.79 Å². The average Bonchev–Trinajstić information content (AvgIpc) is 3.24. The molecule has 0 aliphatic heterocycles. The van der Waals surface area contributed by atoms with Crippen molar-refractivity contribution < 1.29 is 9.21 Å². The molecule has 6 heteroatoms. The van der Waals surface area contributed by atoms with Crippen LogP contribution in [0.3, 0.4) is 0 Å². The molecule has 118 valence electrons. The van der Waals surface area contributed by atoms with Crippen LogP contribution in [-0.4, -0.2) is 22.6 Å². The predicted molar refractivity (Wildman–Crippen MR) is 89.5 cm³/mol. The van der Waals surface area contributed by atoms with Gasteiger partial charge >= 0.3 is 0 Å². The molecule has 0 aliphatic rings. The van der Waals surface area contributed by atoms with E-state index in [0.29, 0.717) is 29.8 Å². The minimum atomic E-state index is -0.105. The zero-order valence-corrected chi connectivity index (χ0v) is 13.8. The molecule has 0 saturated carbocycles. The van der Waals surface area contributed by atoms with Crippen molar-refractivity contribution >= 4 is 17.2 Å². The standard InChI is InChI=1S/C17H17N3O2S/c1-11(15-7-4-8-23-15)10-18-16(21)13-5-3-6-14(9-13)17-20-19-12(2)22-17/h3-9,11H,10H2,1-2H3,(H,18,21). The third-order valence-corrected chi connectivity index (χ3v) is 4.60. The van der Waals surface area contributed by atoms with Gasteiger partial charge in [-0.2, -0.15) is 0 Å². The average molecular weight is 327 g/mol. The van der Waals surface area contributed by atoms with Crippen molar-refractivity contribution in [3.8, 4) is 11.5 Å². The highest BCUT2D eigenvalue weighted by Gasteiger charge is 2.12. The lowest BCUT2D eigenvalue weighted by Crippen LogP contribution is -2.27. The summed E-state index contributed by atoms with van der Waals surface area (Å²) < 4.78 is 5.40.